The molecule has 314 valence electrons. The molecule has 4 heteroatoms. The standard InChI is InChI=1S/C52H83NO2S/c1-2-10-32(11-3-1)33-20-25-36(26-21-33)53(45-18-9-17-41-42-29-24-34-12-4-5-13-38(34)50(42)54-51(41)45)37-27-22-35(23-28-37)39-15-8-16-40-43-30-31-47-48(52(43)55-49(39)40)44-14-6-7-19-46(44)56-47/h32-52H,1-31H2. The van der Waals surface area contributed by atoms with Gasteiger partial charge < -0.3 is 9.47 Å². The van der Waals surface area contributed by atoms with E-state index in [1.54, 1.807) is 12.8 Å². The lowest BCUT2D eigenvalue weighted by Gasteiger charge is -2.52. The van der Waals surface area contributed by atoms with Crippen molar-refractivity contribution in [2.45, 2.75) is 252 Å². The highest BCUT2D eigenvalue weighted by Gasteiger charge is 2.61. The molecular weight excluding hydrogens is 703 g/mol. The summed E-state index contributed by atoms with van der Waals surface area (Å²) in [6.45, 7) is 0. The second kappa shape index (κ2) is 16.2. The Morgan fingerprint density at radius 2 is 0.786 bits per heavy atom. The normalized spacial score (nSPS) is 54.6. The van der Waals surface area contributed by atoms with E-state index in [0.717, 1.165) is 93.6 Å². The molecular formula is C52H83NO2S. The highest BCUT2D eigenvalue weighted by atomic mass is 32.2. The summed E-state index contributed by atoms with van der Waals surface area (Å²) >= 11 is 2.45. The molecule has 0 spiro atoms. The van der Waals surface area contributed by atoms with Crippen LogP contribution in [0.5, 0.6) is 0 Å². The van der Waals surface area contributed by atoms with Gasteiger partial charge in [-0.3, -0.25) is 4.90 Å². The minimum absolute atomic E-state index is 0.545. The fraction of sp³-hybridized carbons (Fsp3) is 1.00. The Labute approximate surface area is 347 Å². The summed E-state index contributed by atoms with van der Waals surface area (Å²) in [4.78, 5) is 3.34. The third kappa shape index (κ3) is 6.63. The lowest BCUT2D eigenvalue weighted by molar-refractivity contribution is -0.107. The average Bonchev–Trinajstić information content (AvgIpc) is 3.96. The summed E-state index contributed by atoms with van der Waals surface area (Å²) in [5.41, 5.74) is 0. The van der Waals surface area contributed by atoms with Crippen molar-refractivity contribution in [3.05, 3.63) is 0 Å². The molecule has 12 aliphatic rings. The molecule has 16 atom stereocenters. The molecule has 0 aromatic rings. The van der Waals surface area contributed by atoms with Gasteiger partial charge in [0.25, 0.3) is 0 Å². The van der Waals surface area contributed by atoms with Crippen LogP contribution >= 0.6 is 11.8 Å². The summed E-state index contributed by atoms with van der Waals surface area (Å²) in [7, 11) is 0. The van der Waals surface area contributed by atoms with Crippen LogP contribution in [0.1, 0.15) is 199 Å². The predicted molar refractivity (Wildman–Crippen MR) is 231 cm³/mol. The molecule has 12 fully saturated rings. The molecule has 12 rings (SSSR count). The van der Waals surface area contributed by atoms with Crippen molar-refractivity contribution in [2.24, 2.45) is 71.0 Å². The van der Waals surface area contributed by atoms with Gasteiger partial charge in [0.1, 0.15) is 0 Å². The first-order valence-corrected chi connectivity index (χ1v) is 27.4. The predicted octanol–water partition coefficient (Wildman–Crippen LogP) is 13.0. The molecule has 0 N–H and O–H groups in total. The Morgan fingerprint density at radius 1 is 0.304 bits per heavy atom. The van der Waals surface area contributed by atoms with Crippen molar-refractivity contribution in [3.63, 3.8) is 0 Å². The number of fused-ring (bicyclic) bond motifs is 12. The molecule has 0 amide bonds. The molecule has 0 bridgehead atoms. The highest BCUT2D eigenvalue weighted by Crippen LogP contribution is 2.62. The fourth-order valence-electron chi connectivity index (χ4n) is 19.1. The van der Waals surface area contributed by atoms with E-state index in [9.17, 15) is 0 Å². The van der Waals surface area contributed by atoms with E-state index in [1.165, 1.54) is 186 Å². The van der Waals surface area contributed by atoms with E-state index < -0.39 is 0 Å². The van der Waals surface area contributed by atoms with Gasteiger partial charge in [-0.1, -0.05) is 77.0 Å². The van der Waals surface area contributed by atoms with Gasteiger partial charge in [0, 0.05) is 34.5 Å². The van der Waals surface area contributed by atoms with Crippen LogP contribution < -0.4 is 0 Å². The first-order valence-electron chi connectivity index (χ1n) is 26.5. The van der Waals surface area contributed by atoms with Crippen LogP contribution in [-0.2, 0) is 9.47 Å². The van der Waals surface area contributed by atoms with E-state index in [-0.39, 0.29) is 0 Å². The summed E-state index contributed by atoms with van der Waals surface area (Å²) < 4.78 is 15.3. The van der Waals surface area contributed by atoms with Gasteiger partial charge in [0.05, 0.1) is 24.4 Å². The lowest BCUT2D eigenvalue weighted by atomic mass is 9.62. The number of hydrogen-bond acceptors (Lipinski definition) is 4. The van der Waals surface area contributed by atoms with Crippen molar-refractivity contribution in [3.8, 4) is 0 Å². The SMILES string of the molecule is C1CCC(C2CCC(N(C3CCC(C4CCCC5C6CCC7SC8CCCCC8C7C6OC45)CC3)C3CCCC4C5CCC6CCCCC6C5OC43)CC2)CC1. The van der Waals surface area contributed by atoms with Gasteiger partial charge in [-0.05, 0) is 187 Å². The summed E-state index contributed by atoms with van der Waals surface area (Å²) in [5.74, 6) is 11.2. The maximum absolute atomic E-state index is 7.64. The molecule has 16 unspecified atom stereocenters. The molecule has 56 heavy (non-hydrogen) atoms. The Balaban J connectivity index is 0.762. The fourth-order valence-corrected chi connectivity index (χ4v) is 21.2. The number of thioether (sulfide) groups is 1. The number of nitrogens with zero attached hydrogens (tertiary/aromatic N) is 1. The van der Waals surface area contributed by atoms with Gasteiger partial charge in [-0.2, -0.15) is 11.8 Å². The molecule has 9 saturated carbocycles. The van der Waals surface area contributed by atoms with Crippen molar-refractivity contribution in [1.82, 2.24) is 4.90 Å². The maximum Gasteiger partial charge on any atom is 0.0766 e. The molecule has 0 aromatic heterocycles. The Bertz CT molecular complexity index is 1330. The van der Waals surface area contributed by atoms with E-state index >= 15 is 0 Å². The van der Waals surface area contributed by atoms with Crippen molar-refractivity contribution >= 4 is 11.8 Å². The monoisotopic (exact) mass is 786 g/mol. The van der Waals surface area contributed by atoms with Gasteiger partial charge in [-0.25, -0.2) is 0 Å². The topological polar surface area (TPSA) is 21.7 Å². The van der Waals surface area contributed by atoms with E-state index in [2.05, 4.69) is 16.7 Å². The first kappa shape index (κ1) is 37.9. The van der Waals surface area contributed by atoms with Crippen molar-refractivity contribution in [2.75, 3.05) is 0 Å². The number of hydrogen-bond donors (Lipinski definition) is 0. The molecule has 3 heterocycles. The summed E-state index contributed by atoms with van der Waals surface area (Å²) in [6, 6.07) is 2.35. The molecule has 3 saturated heterocycles. The maximum atomic E-state index is 7.64. The number of rotatable bonds is 5. The molecule has 9 aliphatic carbocycles. The molecule has 3 nitrogen and oxygen atoms in total. The van der Waals surface area contributed by atoms with Crippen LogP contribution in [0, 0.1) is 71.0 Å². The second-order valence-corrected chi connectivity index (χ2v) is 24.9. The Hall–Kier alpha value is 0.230. The minimum Gasteiger partial charge on any atom is -0.374 e. The van der Waals surface area contributed by atoms with E-state index in [0.29, 0.717) is 30.5 Å². The summed E-state index contributed by atoms with van der Waals surface area (Å²) in [6.07, 6.45) is 48.9. The average molecular weight is 786 g/mol. The van der Waals surface area contributed by atoms with Gasteiger partial charge in [-0.15, -0.1) is 0 Å². The Kier molecular flexibility index (Phi) is 11.0. The minimum atomic E-state index is 0.545. The smallest absolute Gasteiger partial charge is 0.0766 e. The zero-order chi connectivity index (χ0) is 36.7. The van der Waals surface area contributed by atoms with Gasteiger partial charge in [0.15, 0.2) is 0 Å². The molecule has 0 radical (unpaired) electrons. The first-order chi connectivity index (χ1) is 27.8. The van der Waals surface area contributed by atoms with E-state index in [1.807, 2.05) is 0 Å². The van der Waals surface area contributed by atoms with Crippen molar-refractivity contribution in [1.29, 1.82) is 0 Å². The van der Waals surface area contributed by atoms with Crippen LogP contribution in [-0.4, -0.2) is 57.9 Å². The van der Waals surface area contributed by atoms with Crippen LogP contribution in [0.4, 0.5) is 0 Å². The van der Waals surface area contributed by atoms with Crippen LogP contribution in [0.15, 0.2) is 0 Å². The number of ether oxygens (including phenoxy) is 2. The van der Waals surface area contributed by atoms with E-state index in [4.69, 9.17) is 9.47 Å². The highest BCUT2D eigenvalue weighted by molar-refractivity contribution is 8.00. The largest absolute Gasteiger partial charge is 0.374 e. The van der Waals surface area contributed by atoms with Gasteiger partial charge in [0.2, 0.25) is 0 Å². The second-order valence-electron chi connectivity index (χ2n) is 23.5. The third-order valence-corrected chi connectivity index (χ3v) is 23.2. The van der Waals surface area contributed by atoms with Crippen LogP contribution in [0.25, 0.3) is 0 Å². The zero-order valence-electron chi connectivity index (χ0n) is 35.7. The quantitative estimate of drug-likeness (QED) is 0.277. The van der Waals surface area contributed by atoms with Gasteiger partial charge >= 0.3 is 0 Å². The zero-order valence-corrected chi connectivity index (χ0v) is 36.5. The molecule has 0 aromatic carbocycles. The third-order valence-electron chi connectivity index (χ3n) is 21.4. The van der Waals surface area contributed by atoms with Crippen molar-refractivity contribution < 1.29 is 9.47 Å². The lowest BCUT2D eigenvalue weighted by Crippen LogP contribution is -2.58. The Morgan fingerprint density at radius 3 is 1.57 bits per heavy atom. The van der Waals surface area contributed by atoms with Crippen LogP contribution in [0.2, 0.25) is 0 Å². The van der Waals surface area contributed by atoms with Crippen LogP contribution in [0.3, 0.4) is 0 Å². The molecule has 3 aliphatic heterocycles. The summed E-state index contributed by atoms with van der Waals surface area (Å²) in [5, 5.41) is 1.90.